The SMILES string of the molecule is CC(F)Cc1ccccc1C(C)(C)CC(=O)O. The van der Waals surface area contributed by atoms with Gasteiger partial charge in [0.15, 0.2) is 0 Å². The average molecular weight is 238 g/mol. The standard InChI is InChI=1S/C14H19FO2/c1-10(15)8-11-6-4-5-7-12(11)14(2,3)9-13(16)17/h4-7,10H,8-9H2,1-3H3,(H,16,17). The zero-order chi connectivity index (χ0) is 13.1. The molecule has 0 radical (unpaired) electrons. The molecule has 0 saturated heterocycles. The van der Waals surface area contributed by atoms with Crippen molar-refractivity contribution in [3.05, 3.63) is 35.4 Å². The third-order valence-electron chi connectivity index (χ3n) is 2.84. The molecule has 0 aromatic heterocycles. The molecule has 0 fully saturated rings. The van der Waals surface area contributed by atoms with Crippen molar-refractivity contribution >= 4 is 5.97 Å². The molecule has 17 heavy (non-hydrogen) atoms. The molecule has 0 saturated carbocycles. The molecule has 0 aliphatic carbocycles. The van der Waals surface area contributed by atoms with Gasteiger partial charge in [0.2, 0.25) is 0 Å². The van der Waals surface area contributed by atoms with Gasteiger partial charge < -0.3 is 5.11 Å². The maximum absolute atomic E-state index is 13.1. The Labute approximate surface area is 101 Å². The first kappa shape index (κ1) is 13.7. The minimum Gasteiger partial charge on any atom is -0.481 e. The lowest BCUT2D eigenvalue weighted by Crippen LogP contribution is -2.24. The number of halogens is 1. The minimum atomic E-state index is -0.920. The summed E-state index contributed by atoms with van der Waals surface area (Å²) in [6.07, 6.45) is -0.541. The molecule has 0 amide bonds. The van der Waals surface area contributed by atoms with Gasteiger partial charge >= 0.3 is 5.97 Å². The molecule has 1 unspecified atom stereocenters. The topological polar surface area (TPSA) is 37.3 Å². The first-order valence-corrected chi connectivity index (χ1v) is 5.77. The Morgan fingerprint density at radius 3 is 2.53 bits per heavy atom. The molecule has 1 aromatic rings. The molecule has 1 atom stereocenters. The molecule has 3 heteroatoms. The predicted molar refractivity (Wildman–Crippen MR) is 66.0 cm³/mol. The van der Waals surface area contributed by atoms with Gasteiger partial charge in [0.25, 0.3) is 0 Å². The number of hydrogen-bond acceptors (Lipinski definition) is 1. The first-order valence-electron chi connectivity index (χ1n) is 5.77. The molecule has 1 rings (SSSR count). The third-order valence-corrected chi connectivity index (χ3v) is 2.84. The van der Waals surface area contributed by atoms with Gasteiger partial charge in [0, 0.05) is 11.8 Å². The van der Waals surface area contributed by atoms with Gasteiger partial charge in [-0.15, -0.1) is 0 Å². The smallest absolute Gasteiger partial charge is 0.304 e. The summed E-state index contributed by atoms with van der Waals surface area (Å²) in [7, 11) is 0. The zero-order valence-corrected chi connectivity index (χ0v) is 10.5. The minimum absolute atomic E-state index is 0.0463. The monoisotopic (exact) mass is 238 g/mol. The Morgan fingerprint density at radius 2 is 2.00 bits per heavy atom. The first-order chi connectivity index (χ1) is 7.83. The number of aliphatic carboxylic acids is 1. The number of alkyl halides is 1. The van der Waals surface area contributed by atoms with Crippen LogP contribution in [0.2, 0.25) is 0 Å². The van der Waals surface area contributed by atoms with Crippen molar-refractivity contribution < 1.29 is 14.3 Å². The quantitative estimate of drug-likeness (QED) is 0.854. The van der Waals surface area contributed by atoms with Gasteiger partial charge in [0.1, 0.15) is 6.17 Å². The lowest BCUT2D eigenvalue weighted by Gasteiger charge is -2.26. The van der Waals surface area contributed by atoms with Crippen LogP contribution in [0.15, 0.2) is 24.3 Å². The molecule has 0 aliphatic rings. The van der Waals surface area contributed by atoms with Crippen molar-refractivity contribution in [1.29, 1.82) is 0 Å². The third kappa shape index (κ3) is 3.84. The van der Waals surface area contributed by atoms with E-state index < -0.39 is 17.6 Å². The second-order valence-corrected chi connectivity index (χ2v) is 5.10. The van der Waals surface area contributed by atoms with E-state index in [1.165, 1.54) is 6.92 Å². The number of carboxylic acid groups (broad SMARTS) is 1. The molecule has 0 aliphatic heterocycles. The zero-order valence-electron chi connectivity index (χ0n) is 10.5. The van der Waals surface area contributed by atoms with Crippen LogP contribution in [0.3, 0.4) is 0 Å². The van der Waals surface area contributed by atoms with Crippen LogP contribution in [0.4, 0.5) is 4.39 Å². The van der Waals surface area contributed by atoms with Crippen molar-refractivity contribution in [2.75, 3.05) is 0 Å². The van der Waals surface area contributed by atoms with Crippen LogP contribution in [0.5, 0.6) is 0 Å². The fourth-order valence-electron chi connectivity index (χ4n) is 2.13. The molecule has 0 bridgehead atoms. The van der Waals surface area contributed by atoms with Crippen LogP contribution < -0.4 is 0 Å². The maximum Gasteiger partial charge on any atom is 0.304 e. The summed E-state index contributed by atoms with van der Waals surface area (Å²) in [5.74, 6) is -0.835. The summed E-state index contributed by atoms with van der Waals surface area (Å²) in [5.41, 5.74) is 1.35. The van der Waals surface area contributed by atoms with E-state index in [1.807, 2.05) is 38.1 Å². The Morgan fingerprint density at radius 1 is 1.41 bits per heavy atom. The average Bonchev–Trinajstić information content (AvgIpc) is 2.15. The van der Waals surface area contributed by atoms with Gasteiger partial charge in [-0.25, -0.2) is 4.39 Å². The van der Waals surface area contributed by atoms with E-state index in [0.717, 1.165) is 11.1 Å². The van der Waals surface area contributed by atoms with Gasteiger partial charge in [-0.2, -0.15) is 0 Å². The molecule has 2 nitrogen and oxygen atoms in total. The van der Waals surface area contributed by atoms with Crippen molar-refractivity contribution in [2.24, 2.45) is 0 Å². The van der Waals surface area contributed by atoms with Crippen LogP contribution in [0, 0.1) is 0 Å². The van der Waals surface area contributed by atoms with Crippen molar-refractivity contribution in [3.63, 3.8) is 0 Å². The molecular weight excluding hydrogens is 219 g/mol. The number of carbonyl (C=O) groups is 1. The second kappa shape index (κ2) is 5.30. The van der Waals surface area contributed by atoms with Crippen molar-refractivity contribution in [3.8, 4) is 0 Å². The summed E-state index contributed by atoms with van der Waals surface area (Å²) in [5, 5.41) is 8.91. The van der Waals surface area contributed by atoms with Crippen LogP contribution in [0.1, 0.15) is 38.3 Å². The van der Waals surface area contributed by atoms with E-state index in [-0.39, 0.29) is 6.42 Å². The predicted octanol–water partition coefficient (Wildman–Crippen LogP) is 3.34. The summed E-state index contributed by atoms with van der Waals surface area (Å²) in [4.78, 5) is 10.8. The number of carboxylic acids is 1. The van der Waals surface area contributed by atoms with Crippen molar-refractivity contribution in [1.82, 2.24) is 0 Å². The van der Waals surface area contributed by atoms with E-state index in [9.17, 15) is 9.18 Å². The Kier molecular flexibility index (Phi) is 4.27. The van der Waals surface area contributed by atoms with E-state index in [4.69, 9.17) is 5.11 Å². The Hall–Kier alpha value is -1.38. The highest BCUT2D eigenvalue weighted by Crippen LogP contribution is 2.30. The molecule has 94 valence electrons. The fraction of sp³-hybridized carbons (Fsp3) is 0.500. The fourth-order valence-corrected chi connectivity index (χ4v) is 2.13. The Bertz CT molecular complexity index is 397. The van der Waals surface area contributed by atoms with Crippen LogP contribution in [-0.2, 0) is 16.6 Å². The van der Waals surface area contributed by atoms with Crippen LogP contribution in [0.25, 0.3) is 0 Å². The Balaban J connectivity index is 3.07. The van der Waals surface area contributed by atoms with E-state index in [2.05, 4.69) is 0 Å². The van der Waals surface area contributed by atoms with E-state index in [1.54, 1.807) is 0 Å². The second-order valence-electron chi connectivity index (χ2n) is 5.10. The lowest BCUT2D eigenvalue weighted by molar-refractivity contribution is -0.138. The highest BCUT2D eigenvalue weighted by Gasteiger charge is 2.26. The molecule has 1 N–H and O–H groups in total. The number of hydrogen-bond donors (Lipinski definition) is 1. The van der Waals surface area contributed by atoms with E-state index >= 15 is 0 Å². The lowest BCUT2D eigenvalue weighted by atomic mass is 9.78. The summed E-state index contributed by atoms with van der Waals surface area (Å²) in [6, 6.07) is 7.49. The number of rotatable bonds is 5. The highest BCUT2D eigenvalue weighted by atomic mass is 19.1. The summed E-state index contributed by atoms with van der Waals surface area (Å²) < 4.78 is 13.1. The van der Waals surface area contributed by atoms with Gasteiger partial charge in [0.05, 0.1) is 6.42 Å². The van der Waals surface area contributed by atoms with Crippen LogP contribution >= 0.6 is 0 Å². The van der Waals surface area contributed by atoms with Crippen molar-refractivity contribution in [2.45, 2.75) is 45.2 Å². The molecule has 1 aromatic carbocycles. The summed E-state index contributed by atoms with van der Waals surface area (Å²) in [6.45, 7) is 5.27. The van der Waals surface area contributed by atoms with Gasteiger partial charge in [-0.05, 0) is 18.1 Å². The van der Waals surface area contributed by atoms with Crippen LogP contribution in [-0.4, -0.2) is 17.2 Å². The molecule has 0 heterocycles. The molecule has 0 spiro atoms. The summed E-state index contributed by atoms with van der Waals surface area (Å²) >= 11 is 0. The van der Waals surface area contributed by atoms with Gasteiger partial charge in [-0.1, -0.05) is 38.1 Å². The van der Waals surface area contributed by atoms with E-state index in [0.29, 0.717) is 6.42 Å². The normalized spacial score (nSPS) is 13.4. The largest absolute Gasteiger partial charge is 0.481 e. The molecular formula is C14H19FO2. The number of benzene rings is 1. The maximum atomic E-state index is 13.1. The highest BCUT2D eigenvalue weighted by molar-refractivity contribution is 5.69. The van der Waals surface area contributed by atoms with Gasteiger partial charge in [-0.3, -0.25) is 4.79 Å².